The summed E-state index contributed by atoms with van der Waals surface area (Å²) in [5, 5.41) is 6.09. The Morgan fingerprint density at radius 3 is 2.79 bits per heavy atom. The number of hydrogen-bond donors (Lipinski definition) is 2. The molecule has 0 heterocycles. The standard InChI is InChI=1S/C9H17ClN2O2/c1-8(10)6-11-7-9(13)12-4-3-5-14-2/h11H,1,3-7H2,2H3,(H,12,13). The number of ether oxygens (including phenoxy) is 1. The fourth-order valence-electron chi connectivity index (χ4n) is 0.818. The Kier molecular flexibility index (Phi) is 8.62. The van der Waals surface area contributed by atoms with Gasteiger partial charge in [-0.3, -0.25) is 4.79 Å². The fraction of sp³-hybridized carbons (Fsp3) is 0.667. The molecule has 14 heavy (non-hydrogen) atoms. The Balaban J connectivity index is 3.24. The van der Waals surface area contributed by atoms with Crippen molar-refractivity contribution in [1.29, 1.82) is 0 Å². The number of hydrogen-bond acceptors (Lipinski definition) is 3. The summed E-state index contributed by atoms with van der Waals surface area (Å²) < 4.78 is 4.84. The lowest BCUT2D eigenvalue weighted by Gasteiger charge is -2.05. The van der Waals surface area contributed by atoms with E-state index in [-0.39, 0.29) is 12.5 Å². The van der Waals surface area contributed by atoms with Crippen LogP contribution in [0.4, 0.5) is 0 Å². The molecule has 0 fully saturated rings. The SMILES string of the molecule is C=C(Cl)CNCC(=O)NCCCOC. The molecular formula is C9H17ClN2O2. The van der Waals surface area contributed by atoms with E-state index < -0.39 is 0 Å². The van der Waals surface area contributed by atoms with Crippen molar-refractivity contribution < 1.29 is 9.53 Å². The predicted octanol–water partition coefficient (Wildman–Crippen LogP) is 0.481. The van der Waals surface area contributed by atoms with Gasteiger partial charge in [0, 0.05) is 31.8 Å². The van der Waals surface area contributed by atoms with Crippen LogP contribution in [0.3, 0.4) is 0 Å². The van der Waals surface area contributed by atoms with Crippen LogP contribution in [0.25, 0.3) is 0 Å². The third kappa shape index (κ3) is 9.51. The van der Waals surface area contributed by atoms with Crippen LogP contribution in [-0.4, -0.2) is 39.3 Å². The second-order valence-corrected chi connectivity index (χ2v) is 3.35. The van der Waals surface area contributed by atoms with Crippen LogP contribution < -0.4 is 10.6 Å². The molecule has 1 amide bonds. The van der Waals surface area contributed by atoms with Gasteiger partial charge in [-0.15, -0.1) is 0 Å². The molecule has 0 aromatic rings. The van der Waals surface area contributed by atoms with Crippen LogP contribution in [0.5, 0.6) is 0 Å². The van der Waals surface area contributed by atoms with Gasteiger partial charge in [-0.1, -0.05) is 18.2 Å². The van der Waals surface area contributed by atoms with E-state index in [1.54, 1.807) is 7.11 Å². The molecule has 0 aliphatic rings. The van der Waals surface area contributed by atoms with Crippen molar-refractivity contribution in [2.45, 2.75) is 6.42 Å². The smallest absolute Gasteiger partial charge is 0.233 e. The van der Waals surface area contributed by atoms with Gasteiger partial charge < -0.3 is 15.4 Å². The van der Waals surface area contributed by atoms with Gasteiger partial charge in [0.1, 0.15) is 0 Å². The molecule has 0 radical (unpaired) electrons. The maximum atomic E-state index is 11.1. The summed E-state index contributed by atoms with van der Waals surface area (Å²) in [6.07, 6.45) is 0.824. The Hall–Kier alpha value is -0.580. The third-order valence-electron chi connectivity index (χ3n) is 1.45. The van der Waals surface area contributed by atoms with Gasteiger partial charge in [-0.25, -0.2) is 0 Å². The molecule has 82 valence electrons. The van der Waals surface area contributed by atoms with Gasteiger partial charge in [-0.05, 0) is 6.42 Å². The zero-order valence-electron chi connectivity index (χ0n) is 8.44. The second-order valence-electron chi connectivity index (χ2n) is 2.82. The predicted molar refractivity (Wildman–Crippen MR) is 57.4 cm³/mol. The van der Waals surface area contributed by atoms with Gasteiger partial charge in [-0.2, -0.15) is 0 Å². The Morgan fingerprint density at radius 2 is 2.21 bits per heavy atom. The Bertz CT molecular complexity index is 186. The topological polar surface area (TPSA) is 50.4 Å². The monoisotopic (exact) mass is 220 g/mol. The maximum absolute atomic E-state index is 11.1. The summed E-state index contributed by atoms with van der Waals surface area (Å²) in [5.41, 5.74) is 0. The van der Waals surface area contributed by atoms with E-state index in [2.05, 4.69) is 17.2 Å². The lowest BCUT2D eigenvalue weighted by atomic mass is 10.4. The van der Waals surface area contributed by atoms with Crippen LogP contribution >= 0.6 is 11.6 Å². The average Bonchev–Trinajstić information content (AvgIpc) is 2.12. The number of rotatable bonds is 8. The average molecular weight is 221 g/mol. The number of methoxy groups -OCH3 is 1. The highest BCUT2D eigenvalue weighted by atomic mass is 35.5. The highest BCUT2D eigenvalue weighted by Crippen LogP contribution is 1.91. The summed E-state index contributed by atoms with van der Waals surface area (Å²) in [4.78, 5) is 11.1. The Labute approximate surface area is 89.6 Å². The summed E-state index contributed by atoms with van der Waals surface area (Å²) in [6.45, 7) is 5.50. The molecule has 0 unspecified atom stereocenters. The van der Waals surface area contributed by atoms with Crippen LogP contribution in [-0.2, 0) is 9.53 Å². The summed E-state index contributed by atoms with van der Waals surface area (Å²) in [7, 11) is 1.63. The van der Waals surface area contributed by atoms with E-state index in [0.717, 1.165) is 6.42 Å². The van der Waals surface area contributed by atoms with Crippen LogP contribution in [0, 0.1) is 0 Å². The van der Waals surface area contributed by atoms with E-state index in [9.17, 15) is 4.79 Å². The minimum Gasteiger partial charge on any atom is -0.385 e. The van der Waals surface area contributed by atoms with Gasteiger partial charge in [0.25, 0.3) is 0 Å². The molecule has 0 bridgehead atoms. The molecule has 2 N–H and O–H groups in total. The number of amides is 1. The zero-order valence-corrected chi connectivity index (χ0v) is 9.19. The molecule has 4 nitrogen and oxygen atoms in total. The van der Waals surface area contributed by atoms with Gasteiger partial charge in [0.05, 0.1) is 6.54 Å². The third-order valence-corrected chi connectivity index (χ3v) is 1.58. The number of halogens is 1. The van der Waals surface area contributed by atoms with Crippen molar-refractivity contribution in [1.82, 2.24) is 10.6 Å². The largest absolute Gasteiger partial charge is 0.385 e. The van der Waals surface area contributed by atoms with Crippen molar-refractivity contribution in [3.8, 4) is 0 Å². The zero-order chi connectivity index (χ0) is 10.8. The van der Waals surface area contributed by atoms with E-state index in [0.29, 0.717) is 24.7 Å². The second kappa shape index (κ2) is 8.99. The van der Waals surface area contributed by atoms with Crippen molar-refractivity contribution in [2.24, 2.45) is 0 Å². The highest BCUT2D eigenvalue weighted by molar-refractivity contribution is 6.29. The first-order valence-electron chi connectivity index (χ1n) is 4.46. The summed E-state index contributed by atoms with van der Waals surface area (Å²) in [5.74, 6) is -0.0426. The Morgan fingerprint density at radius 1 is 1.50 bits per heavy atom. The quantitative estimate of drug-likeness (QED) is 0.585. The molecule has 0 aliphatic carbocycles. The molecular weight excluding hydrogens is 204 g/mol. The van der Waals surface area contributed by atoms with Crippen LogP contribution in [0.1, 0.15) is 6.42 Å². The number of carbonyl (C=O) groups is 1. The summed E-state index contributed by atoms with van der Waals surface area (Å²) in [6, 6.07) is 0. The lowest BCUT2D eigenvalue weighted by Crippen LogP contribution is -2.35. The molecule has 0 rings (SSSR count). The summed E-state index contributed by atoms with van der Waals surface area (Å²) >= 11 is 5.50. The molecule has 0 aliphatic heterocycles. The normalized spacial score (nSPS) is 9.86. The van der Waals surface area contributed by atoms with E-state index in [1.807, 2.05) is 0 Å². The van der Waals surface area contributed by atoms with Gasteiger partial charge in [0.2, 0.25) is 5.91 Å². The first-order valence-corrected chi connectivity index (χ1v) is 4.84. The van der Waals surface area contributed by atoms with E-state index in [4.69, 9.17) is 16.3 Å². The first-order chi connectivity index (χ1) is 6.66. The molecule has 0 aromatic carbocycles. The fourth-order valence-corrected chi connectivity index (χ4v) is 0.913. The van der Waals surface area contributed by atoms with Crippen molar-refractivity contribution in [2.75, 3.05) is 33.4 Å². The van der Waals surface area contributed by atoms with E-state index >= 15 is 0 Å². The lowest BCUT2D eigenvalue weighted by molar-refractivity contribution is -0.120. The number of nitrogens with one attached hydrogen (secondary N) is 2. The first kappa shape index (κ1) is 13.4. The minimum absolute atomic E-state index is 0.0426. The highest BCUT2D eigenvalue weighted by Gasteiger charge is 1.98. The molecule has 0 saturated carbocycles. The molecule has 0 aromatic heterocycles. The minimum atomic E-state index is -0.0426. The van der Waals surface area contributed by atoms with Crippen LogP contribution in [0.15, 0.2) is 11.6 Å². The molecule has 0 atom stereocenters. The van der Waals surface area contributed by atoms with Crippen molar-refractivity contribution in [3.63, 3.8) is 0 Å². The van der Waals surface area contributed by atoms with E-state index in [1.165, 1.54) is 0 Å². The molecule has 5 heteroatoms. The van der Waals surface area contributed by atoms with Crippen LogP contribution in [0.2, 0.25) is 0 Å². The van der Waals surface area contributed by atoms with Crippen molar-refractivity contribution >= 4 is 17.5 Å². The van der Waals surface area contributed by atoms with Gasteiger partial charge in [0.15, 0.2) is 0 Å². The maximum Gasteiger partial charge on any atom is 0.233 e. The molecule has 0 saturated heterocycles. The van der Waals surface area contributed by atoms with Gasteiger partial charge >= 0.3 is 0 Å². The van der Waals surface area contributed by atoms with Crippen molar-refractivity contribution in [3.05, 3.63) is 11.6 Å². The molecule has 0 spiro atoms. The number of carbonyl (C=O) groups excluding carboxylic acids is 1.